The first-order valence-electron chi connectivity index (χ1n) is 17.4. The predicted molar refractivity (Wildman–Crippen MR) is 200 cm³/mol. The molecule has 53 heavy (non-hydrogen) atoms. The Morgan fingerprint density at radius 2 is 1.32 bits per heavy atom. The van der Waals surface area contributed by atoms with Gasteiger partial charge in [0.2, 0.25) is 5.88 Å². The number of hydrogen-bond acceptors (Lipinski definition) is 12. The molecule has 0 radical (unpaired) electrons. The summed E-state index contributed by atoms with van der Waals surface area (Å²) in [5.74, 6) is 0.518. The topological polar surface area (TPSA) is 147 Å². The van der Waals surface area contributed by atoms with E-state index in [4.69, 9.17) is 32.6 Å². The van der Waals surface area contributed by atoms with Crippen LogP contribution in [0.15, 0.2) is 78.1 Å². The predicted octanol–water partition coefficient (Wildman–Crippen LogP) is 6.50. The monoisotopic (exact) mass is 749 g/mol. The maximum absolute atomic E-state index is 13.3. The van der Waals surface area contributed by atoms with E-state index in [-0.39, 0.29) is 18.1 Å². The zero-order valence-electron chi connectivity index (χ0n) is 30.8. The minimum absolute atomic E-state index is 0.0733. The molecule has 0 bridgehead atoms. The molecule has 0 saturated heterocycles. The van der Waals surface area contributed by atoms with E-state index in [9.17, 15) is 13.2 Å². The Bertz CT molecular complexity index is 2080. The lowest BCUT2D eigenvalue weighted by Crippen LogP contribution is -2.27. The summed E-state index contributed by atoms with van der Waals surface area (Å²) in [4.78, 5) is 22.2. The highest BCUT2D eigenvalue weighted by Gasteiger charge is 2.23. The van der Waals surface area contributed by atoms with E-state index in [1.165, 1.54) is 12.1 Å². The number of aromatic nitrogens is 3. The zero-order valence-corrected chi connectivity index (χ0v) is 31.6. The third-order valence-corrected chi connectivity index (χ3v) is 9.19. The molecule has 0 unspecified atom stereocenters. The smallest absolute Gasteiger partial charge is 0.419 e. The molecule has 0 spiro atoms. The molecule has 5 rings (SSSR count). The van der Waals surface area contributed by atoms with Crippen LogP contribution in [0.3, 0.4) is 0 Å². The van der Waals surface area contributed by atoms with Crippen LogP contribution >= 0.6 is 0 Å². The minimum atomic E-state index is -3.79. The van der Waals surface area contributed by atoms with Crippen molar-refractivity contribution in [2.75, 3.05) is 66.1 Å². The molecule has 2 aromatic carbocycles. The van der Waals surface area contributed by atoms with Crippen LogP contribution in [0.5, 0.6) is 5.88 Å². The van der Waals surface area contributed by atoms with Gasteiger partial charge in [-0.2, -0.15) is 8.42 Å². The van der Waals surface area contributed by atoms with E-state index in [0.717, 1.165) is 44.1 Å². The highest BCUT2D eigenvalue weighted by molar-refractivity contribution is 7.86. The number of aryl methyl sites for hydroxylation is 2. The number of benzene rings is 2. The molecule has 284 valence electrons. The van der Waals surface area contributed by atoms with Gasteiger partial charge in [0.15, 0.2) is 0 Å². The van der Waals surface area contributed by atoms with Crippen LogP contribution < -0.4 is 4.74 Å². The van der Waals surface area contributed by atoms with Crippen molar-refractivity contribution in [3.63, 3.8) is 0 Å². The van der Waals surface area contributed by atoms with Crippen molar-refractivity contribution in [3.8, 4) is 17.0 Å². The highest BCUT2D eigenvalue weighted by Crippen LogP contribution is 2.33. The average Bonchev–Trinajstić information content (AvgIpc) is 3.45. The van der Waals surface area contributed by atoms with Crippen LogP contribution in [0.2, 0.25) is 0 Å². The Morgan fingerprint density at radius 1 is 0.698 bits per heavy atom. The fraction of sp³-hybridized carbons (Fsp3) is 0.410. The second-order valence-corrected chi connectivity index (χ2v) is 14.8. The van der Waals surface area contributed by atoms with Gasteiger partial charge in [-0.05, 0) is 70.5 Å². The first kappa shape index (κ1) is 39.8. The molecule has 0 amide bonds. The van der Waals surface area contributed by atoms with Crippen molar-refractivity contribution in [1.82, 2.24) is 14.5 Å². The van der Waals surface area contributed by atoms with Gasteiger partial charge in [-0.3, -0.25) is 9.17 Å². The lowest BCUT2D eigenvalue weighted by Gasteiger charge is -2.20. The lowest BCUT2D eigenvalue weighted by atomic mass is 10.0. The van der Waals surface area contributed by atoms with Crippen LogP contribution in [0.25, 0.3) is 32.9 Å². The van der Waals surface area contributed by atoms with Crippen LogP contribution in [-0.2, 0) is 38.0 Å². The van der Waals surface area contributed by atoms with E-state index < -0.39 is 21.8 Å². The number of hydrogen-bond donors (Lipinski definition) is 0. The maximum atomic E-state index is 13.3. The van der Waals surface area contributed by atoms with Crippen LogP contribution in [0.4, 0.5) is 4.79 Å². The van der Waals surface area contributed by atoms with Crippen LogP contribution in [0, 0.1) is 13.8 Å². The Morgan fingerprint density at radius 3 is 1.94 bits per heavy atom. The Kier molecular flexibility index (Phi) is 13.9. The highest BCUT2D eigenvalue weighted by atomic mass is 32.2. The van der Waals surface area contributed by atoms with Gasteiger partial charge < -0.3 is 28.4 Å². The molecule has 0 N–H and O–H groups in total. The third-order valence-electron chi connectivity index (χ3n) is 7.87. The van der Waals surface area contributed by atoms with Gasteiger partial charge in [0.25, 0.3) is 10.1 Å². The molecular formula is C39H47N3O10S. The average molecular weight is 750 g/mol. The van der Waals surface area contributed by atoms with Gasteiger partial charge in [-0.1, -0.05) is 29.8 Å². The first-order chi connectivity index (χ1) is 25.4. The number of carbonyl (C=O) groups is 1. The van der Waals surface area contributed by atoms with Crippen LogP contribution in [-0.4, -0.2) is 101 Å². The largest absolute Gasteiger partial charge is 0.475 e. The Hall–Kier alpha value is -4.44. The van der Waals surface area contributed by atoms with Crippen molar-refractivity contribution in [2.24, 2.45) is 0 Å². The number of pyridine rings is 2. The second kappa shape index (κ2) is 18.5. The number of carbonyl (C=O) groups excluding carboxylic acids is 1. The molecule has 0 aliphatic carbocycles. The first-order valence-corrected chi connectivity index (χ1v) is 18.8. The van der Waals surface area contributed by atoms with Crippen molar-refractivity contribution in [2.45, 2.75) is 45.1 Å². The fourth-order valence-electron chi connectivity index (χ4n) is 5.35. The van der Waals surface area contributed by atoms with Crippen molar-refractivity contribution < 1.29 is 45.8 Å². The van der Waals surface area contributed by atoms with E-state index in [0.29, 0.717) is 58.7 Å². The number of fused-ring (bicyclic) bond motifs is 3. The summed E-state index contributed by atoms with van der Waals surface area (Å²) in [7, 11) is -3.79. The van der Waals surface area contributed by atoms with E-state index >= 15 is 0 Å². The molecule has 0 atom stereocenters. The van der Waals surface area contributed by atoms with E-state index in [2.05, 4.69) is 9.97 Å². The molecule has 14 heteroatoms. The summed E-state index contributed by atoms with van der Waals surface area (Å²) in [6.07, 6.45) is 4.73. The van der Waals surface area contributed by atoms with E-state index in [1.807, 2.05) is 65.0 Å². The van der Waals surface area contributed by atoms with Gasteiger partial charge >= 0.3 is 6.09 Å². The molecular weight excluding hydrogens is 703 g/mol. The second-order valence-electron chi connectivity index (χ2n) is 13.2. The summed E-state index contributed by atoms with van der Waals surface area (Å²) in [6.45, 7) is 12.4. The van der Waals surface area contributed by atoms with Crippen LogP contribution in [0.1, 0.15) is 31.9 Å². The summed E-state index contributed by atoms with van der Waals surface area (Å²) in [5.41, 5.74) is 4.44. The normalized spacial score (nSPS) is 12.1. The number of nitrogens with zero attached hydrogens (tertiary/aromatic N) is 3. The molecule has 0 fully saturated rings. The van der Waals surface area contributed by atoms with Crippen molar-refractivity contribution >= 4 is 38.0 Å². The quantitative estimate of drug-likeness (QED) is 0.0671. The molecule has 0 aliphatic heterocycles. The van der Waals surface area contributed by atoms with E-state index in [1.54, 1.807) is 35.3 Å². The summed E-state index contributed by atoms with van der Waals surface area (Å²) in [5, 5.41) is 1.78. The lowest BCUT2D eigenvalue weighted by molar-refractivity contribution is -0.00695. The van der Waals surface area contributed by atoms with Gasteiger partial charge in [0.05, 0.1) is 75.4 Å². The van der Waals surface area contributed by atoms with Gasteiger partial charge in [-0.25, -0.2) is 14.3 Å². The summed E-state index contributed by atoms with van der Waals surface area (Å²) < 4.78 is 64.5. The SMILES string of the molecule is Cc1ccc(S(=O)(=O)OCCOCCOCCOCCOCCOc2ncc(-c3ccc4c5cnccc5n(C(=O)OC(C)(C)C)c4c3)cc2C)cc1. The third kappa shape index (κ3) is 11.3. The minimum Gasteiger partial charge on any atom is -0.475 e. The number of rotatable bonds is 19. The molecule has 3 heterocycles. The molecule has 3 aromatic heterocycles. The molecule has 13 nitrogen and oxygen atoms in total. The van der Waals surface area contributed by atoms with Gasteiger partial charge in [-0.15, -0.1) is 0 Å². The molecule has 0 saturated carbocycles. The van der Waals surface area contributed by atoms with Crippen molar-refractivity contribution in [3.05, 3.63) is 84.3 Å². The standard InChI is InChI=1S/C39H47N3O10S/c1-28-6-9-32(10-7-28)53(44,45)51-23-21-49-19-17-47-15-14-46-16-18-48-20-22-50-37-29(2)24-31(26-41-37)30-8-11-33-34-27-40-13-12-35(34)42(36(33)25-30)38(43)52-39(3,4)5/h6-13,24-27H,14-23H2,1-5H3. The maximum Gasteiger partial charge on any atom is 0.419 e. The number of ether oxygens (including phenoxy) is 6. The zero-order chi connectivity index (χ0) is 37.8. The molecule has 0 aliphatic rings. The fourth-order valence-corrected chi connectivity index (χ4v) is 6.25. The summed E-state index contributed by atoms with van der Waals surface area (Å²) in [6, 6.07) is 16.3. The van der Waals surface area contributed by atoms with Crippen molar-refractivity contribution in [1.29, 1.82) is 0 Å². The Labute approximate surface area is 310 Å². The molecule has 5 aromatic rings. The Balaban J connectivity index is 0.957. The van der Waals surface area contributed by atoms with Gasteiger partial charge in [0.1, 0.15) is 12.2 Å². The van der Waals surface area contributed by atoms with Gasteiger partial charge in [0, 0.05) is 40.5 Å². The summed E-state index contributed by atoms with van der Waals surface area (Å²) >= 11 is 0.